The number of phenols is 1. The van der Waals surface area contributed by atoms with E-state index in [4.69, 9.17) is 0 Å². The monoisotopic (exact) mass is 474 g/mol. The number of carbonyl (C=O) groups excluding carboxylic acids is 3. The number of alkyl halides is 3. The fourth-order valence-corrected chi connectivity index (χ4v) is 3.30. The Morgan fingerprint density at radius 3 is 2.29 bits per heavy atom. The average Bonchev–Trinajstić information content (AvgIpc) is 3.09. The summed E-state index contributed by atoms with van der Waals surface area (Å²) in [6, 6.07) is 10.1. The van der Waals surface area contributed by atoms with Crippen molar-refractivity contribution >= 4 is 17.6 Å². The molecule has 1 heterocycles. The number of aryl methyl sites for hydroxylation is 1. The first-order chi connectivity index (χ1) is 16.0. The molecule has 1 aromatic heterocycles. The molecule has 0 unspecified atom stereocenters. The number of aromatic nitrogens is 2. The first-order valence-electron chi connectivity index (χ1n) is 10.1. The Labute approximate surface area is 192 Å². The standard InChI is InChI=1S/C23H21F3N4O4/c1-13-19(14(2)30(29-13)17-5-3-4-16(12-17)23(24,25)26)20(32)22(34)28-11-10-27-21(33)15-6-8-18(31)9-7-15/h3-9,12,31H,10-11H2,1-2H3,(H,27,33)(H,28,34). The lowest BCUT2D eigenvalue weighted by molar-refractivity contribution is -0.137. The van der Waals surface area contributed by atoms with Crippen LogP contribution in [0.1, 0.15) is 37.7 Å². The number of carbonyl (C=O) groups is 3. The summed E-state index contributed by atoms with van der Waals surface area (Å²) in [7, 11) is 0. The fourth-order valence-electron chi connectivity index (χ4n) is 3.30. The topological polar surface area (TPSA) is 113 Å². The molecule has 8 nitrogen and oxygen atoms in total. The molecule has 0 aliphatic carbocycles. The average molecular weight is 474 g/mol. The highest BCUT2D eigenvalue weighted by Gasteiger charge is 2.31. The van der Waals surface area contributed by atoms with Gasteiger partial charge in [0.1, 0.15) is 5.75 Å². The van der Waals surface area contributed by atoms with Crippen LogP contribution in [0.5, 0.6) is 5.75 Å². The number of phenolic OH excluding ortho intramolecular Hbond substituents is 1. The molecule has 0 fully saturated rings. The molecule has 0 saturated heterocycles. The summed E-state index contributed by atoms with van der Waals surface area (Å²) in [5.41, 5.74) is -0.0471. The van der Waals surface area contributed by atoms with Crippen LogP contribution in [0.25, 0.3) is 5.69 Å². The zero-order chi connectivity index (χ0) is 25.0. The number of benzene rings is 2. The molecular weight excluding hydrogens is 453 g/mol. The van der Waals surface area contributed by atoms with Gasteiger partial charge in [-0.05, 0) is 56.3 Å². The molecule has 2 amide bonds. The summed E-state index contributed by atoms with van der Waals surface area (Å²) in [6.45, 7) is 2.97. The minimum Gasteiger partial charge on any atom is -0.508 e. The van der Waals surface area contributed by atoms with Crippen LogP contribution in [0.3, 0.4) is 0 Å². The van der Waals surface area contributed by atoms with E-state index in [1.54, 1.807) is 0 Å². The Morgan fingerprint density at radius 2 is 1.65 bits per heavy atom. The van der Waals surface area contributed by atoms with Gasteiger partial charge in [-0.1, -0.05) is 6.07 Å². The summed E-state index contributed by atoms with van der Waals surface area (Å²) in [5.74, 6) is -2.23. The van der Waals surface area contributed by atoms with E-state index in [1.165, 1.54) is 54.9 Å². The third-order valence-electron chi connectivity index (χ3n) is 4.97. The van der Waals surface area contributed by atoms with E-state index in [1.807, 2.05) is 0 Å². The third-order valence-corrected chi connectivity index (χ3v) is 4.97. The molecule has 0 aliphatic rings. The van der Waals surface area contributed by atoms with E-state index in [0.29, 0.717) is 5.56 Å². The van der Waals surface area contributed by atoms with Gasteiger partial charge >= 0.3 is 6.18 Å². The second-order valence-electron chi connectivity index (χ2n) is 7.39. The number of nitrogens with zero attached hydrogens (tertiary/aromatic N) is 2. The highest BCUT2D eigenvalue weighted by Crippen LogP contribution is 2.31. The Bertz CT molecular complexity index is 1230. The first kappa shape index (κ1) is 24.5. The van der Waals surface area contributed by atoms with Crippen molar-refractivity contribution in [3.63, 3.8) is 0 Å². The summed E-state index contributed by atoms with van der Waals surface area (Å²) >= 11 is 0. The highest BCUT2D eigenvalue weighted by molar-refractivity contribution is 6.43. The lowest BCUT2D eigenvalue weighted by Crippen LogP contribution is -2.38. The SMILES string of the molecule is Cc1nn(-c2cccc(C(F)(F)F)c2)c(C)c1C(=O)C(=O)NCCNC(=O)c1ccc(O)cc1. The maximum atomic E-state index is 13.0. The first-order valence-corrected chi connectivity index (χ1v) is 10.1. The van der Waals surface area contributed by atoms with Crippen molar-refractivity contribution in [1.29, 1.82) is 0 Å². The number of Topliss-reactive ketones (excluding diaryl/α,β-unsaturated/α-hetero) is 1. The molecule has 3 rings (SSSR count). The predicted octanol–water partition coefficient (Wildman–Crippen LogP) is 2.94. The molecule has 178 valence electrons. The predicted molar refractivity (Wildman–Crippen MR) is 116 cm³/mol. The minimum atomic E-state index is -4.54. The molecule has 3 aromatic rings. The normalized spacial score (nSPS) is 11.2. The third kappa shape index (κ3) is 5.42. The number of halogens is 3. The number of nitrogens with one attached hydrogen (secondary N) is 2. The Balaban J connectivity index is 1.64. The van der Waals surface area contributed by atoms with Crippen LogP contribution in [0.15, 0.2) is 48.5 Å². The van der Waals surface area contributed by atoms with Crippen LogP contribution in [-0.2, 0) is 11.0 Å². The maximum absolute atomic E-state index is 13.0. The van der Waals surface area contributed by atoms with Crippen LogP contribution < -0.4 is 10.6 Å². The fraction of sp³-hybridized carbons (Fsp3) is 0.217. The Morgan fingerprint density at radius 1 is 1.00 bits per heavy atom. The number of ketones is 1. The summed E-state index contributed by atoms with van der Waals surface area (Å²) in [5, 5.41) is 18.4. The van der Waals surface area contributed by atoms with Crippen molar-refractivity contribution in [3.05, 3.63) is 76.6 Å². The van der Waals surface area contributed by atoms with Gasteiger partial charge in [0.15, 0.2) is 0 Å². The molecule has 0 spiro atoms. The van der Waals surface area contributed by atoms with E-state index in [2.05, 4.69) is 15.7 Å². The maximum Gasteiger partial charge on any atom is 0.416 e. The molecule has 11 heteroatoms. The summed E-state index contributed by atoms with van der Waals surface area (Å²) < 4.78 is 40.3. The Hall–Kier alpha value is -4.15. The molecule has 0 radical (unpaired) electrons. The van der Waals surface area contributed by atoms with Crippen molar-refractivity contribution in [2.24, 2.45) is 0 Å². The van der Waals surface area contributed by atoms with Crippen molar-refractivity contribution < 1.29 is 32.7 Å². The number of hydrogen-bond donors (Lipinski definition) is 3. The van der Waals surface area contributed by atoms with E-state index < -0.39 is 29.3 Å². The highest BCUT2D eigenvalue weighted by atomic mass is 19.4. The van der Waals surface area contributed by atoms with Gasteiger partial charge in [0.25, 0.3) is 17.6 Å². The summed E-state index contributed by atoms with van der Waals surface area (Å²) in [6.07, 6.45) is -4.54. The van der Waals surface area contributed by atoms with E-state index in [-0.39, 0.29) is 41.5 Å². The number of amides is 2. The van der Waals surface area contributed by atoms with E-state index in [0.717, 1.165) is 12.1 Å². The quantitative estimate of drug-likeness (QED) is 0.277. The molecule has 0 aliphatic heterocycles. The molecule has 3 N–H and O–H groups in total. The van der Waals surface area contributed by atoms with Gasteiger partial charge in [-0.3, -0.25) is 14.4 Å². The lowest BCUT2D eigenvalue weighted by Gasteiger charge is -2.10. The van der Waals surface area contributed by atoms with Gasteiger partial charge in [0.05, 0.1) is 28.2 Å². The van der Waals surface area contributed by atoms with Crippen LogP contribution in [0, 0.1) is 13.8 Å². The summed E-state index contributed by atoms with van der Waals surface area (Å²) in [4.78, 5) is 37.0. The Kier molecular flexibility index (Phi) is 7.04. The molecule has 0 saturated carbocycles. The van der Waals surface area contributed by atoms with Gasteiger partial charge in [-0.25, -0.2) is 4.68 Å². The van der Waals surface area contributed by atoms with Crippen LogP contribution in [0.4, 0.5) is 13.2 Å². The molecule has 2 aromatic carbocycles. The van der Waals surface area contributed by atoms with Crippen molar-refractivity contribution in [2.75, 3.05) is 13.1 Å². The molecule has 0 bridgehead atoms. The number of hydrogen-bond acceptors (Lipinski definition) is 5. The second-order valence-corrected chi connectivity index (χ2v) is 7.39. The second kappa shape index (κ2) is 9.77. The zero-order valence-electron chi connectivity index (χ0n) is 18.2. The van der Waals surface area contributed by atoms with E-state index in [9.17, 15) is 32.7 Å². The van der Waals surface area contributed by atoms with Gasteiger partial charge in [0.2, 0.25) is 0 Å². The van der Waals surface area contributed by atoms with Crippen LogP contribution in [0.2, 0.25) is 0 Å². The lowest BCUT2D eigenvalue weighted by atomic mass is 10.1. The molecule has 34 heavy (non-hydrogen) atoms. The molecular formula is C23H21F3N4O4. The van der Waals surface area contributed by atoms with E-state index >= 15 is 0 Å². The van der Waals surface area contributed by atoms with Crippen LogP contribution >= 0.6 is 0 Å². The van der Waals surface area contributed by atoms with Gasteiger partial charge in [0, 0.05) is 18.7 Å². The van der Waals surface area contributed by atoms with Gasteiger partial charge in [-0.2, -0.15) is 18.3 Å². The van der Waals surface area contributed by atoms with Gasteiger partial charge < -0.3 is 15.7 Å². The smallest absolute Gasteiger partial charge is 0.416 e. The van der Waals surface area contributed by atoms with Crippen molar-refractivity contribution in [2.45, 2.75) is 20.0 Å². The van der Waals surface area contributed by atoms with Crippen LogP contribution in [-0.4, -0.2) is 45.6 Å². The van der Waals surface area contributed by atoms with Gasteiger partial charge in [-0.15, -0.1) is 0 Å². The molecule has 0 atom stereocenters. The minimum absolute atomic E-state index is 0.0111. The largest absolute Gasteiger partial charge is 0.508 e. The zero-order valence-corrected chi connectivity index (χ0v) is 18.2. The van der Waals surface area contributed by atoms with Crippen molar-refractivity contribution in [3.8, 4) is 11.4 Å². The van der Waals surface area contributed by atoms with Crippen molar-refractivity contribution in [1.82, 2.24) is 20.4 Å². The number of rotatable bonds is 7. The number of aromatic hydroxyl groups is 1.